The van der Waals surface area contributed by atoms with Gasteiger partial charge in [-0.25, -0.2) is 0 Å². The molecule has 1 aromatic rings. The van der Waals surface area contributed by atoms with E-state index in [0.29, 0.717) is 6.04 Å². The molecule has 0 aliphatic heterocycles. The van der Waals surface area contributed by atoms with Crippen LogP contribution in [0.5, 0.6) is 0 Å². The average Bonchev–Trinajstić information content (AvgIpc) is 3.07. The number of rotatable bonds is 7. The van der Waals surface area contributed by atoms with Crippen LogP contribution in [0.4, 0.5) is 0 Å². The fraction of sp³-hybridized carbons (Fsp3) is 0.733. The topological polar surface area (TPSA) is 15.3 Å². The minimum atomic E-state index is 0.563. The second-order valence-corrected chi connectivity index (χ2v) is 7.15. The van der Waals surface area contributed by atoms with Crippen molar-refractivity contribution >= 4 is 11.3 Å². The minimum Gasteiger partial charge on any atom is -0.310 e. The number of nitrogens with one attached hydrogen (secondary N) is 1. The van der Waals surface area contributed by atoms with E-state index >= 15 is 0 Å². The summed E-state index contributed by atoms with van der Waals surface area (Å²) in [7, 11) is 2.26. The van der Waals surface area contributed by atoms with Gasteiger partial charge in [0.2, 0.25) is 0 Å². The van der Waals surface area contributed by atoms with Gasteiger partial charge in [-0.3, -0.25) is 4.90 Å². The molecule has 0 aromatic carbocycles. The zero-order valence-electron chi connectivity index (χ0n) is 12.1. The first-order valence-corrected chi connectivity index (χ1v) is 7.89. The Kier molecular flexibility index (Phi) is 4.82. The Morgan fingerprint density at radius 3 is 2.56 bits per heavy atom. The van der Waals surface area contributed by atoms with Crippen molar-refractivity contribution in [3.05, 3.63) is 21.9 Å². The molecule has 1 atom stereocenters. The highest BCUT2D eigenvalue weighted by molar-refractivity contribution is 7.11. The van der Waals surface area contributed by atoms with Crippen molar-refractivity contribution in [3.8, 4) is 0 Å². The Balaban J connectivity index is 1.81. The van der Waals surface area contributed by atoms with Crippen molar-refractivity contribution in [1.82, 2.24) is 10.2 Å². The zero-order valence-corrected chi connectivity index (χ0v) is 12.9. The van der Waals surface area contributed by atoms with E-state index in [-0.39, 0.29) is 0 Å². The van der Waals surface area contributed by atoms with Crippen LogP contribution in [-0.2, 0) is 13.1 Å². The zero-order chi connectivity index (χ0) is 13.1. The summed E-state index contributed by atoms with van der Waals surface area (Å²) >= 11 is 1.95. The summed E-state index contributed by atoms with van der Waals surface area (Å²) in [5.41, 5.74) is 0. The summed E-state index contributed by atoms with van der Waals surface area (Å²) in [4.78, 5) is 5.44. The Bertz CT molecular complexity index is 368. The van der Waals surface area contributed by atoms with E-state index in [4.69, 9.17) is 0 Å². The van der Waals surface area contributed by atoms with E-state index in [0.717, 1.165) is 25.0 Å². The molecule has 2 nitrogen and oxygen atoms in total. The van der Waals surface area contributed by atoms with Crippen LogP contribution in [0, 0.1) is 5.92 Å². The lowest BCUT2D eigenvalue weighted by Gasteiger charge is -2.23. The fourth-order valence-corrected chi connectivity index (χ4v) is 3.27. The highest BCUT2D eigenvalue weighted by atomic mass is 32.1. The van der Waals surface area contributed by atoms with Crippen LogP contribution < -0.4 is 5.32 Å². The van der Waals surface area contributed by atoms with Crippen molar-refractivity contribution in [2.75, 3.05) is 7.05 Å². The molecule has 102 valence electrons. The molecule has 3 heteroatoms. The molecule has 1 fully saturated rings. The smallest absolute Gasteiger partial charge is 0.0327 e. The van der Waals surface area contributed by atoms with Gasteiger partial charge in [-0.15, -0.1) is 11.3 Å². The van der Waals surface area contributed by atoms with Crippen molar-refractivity contribution in [1.29, 1.82) is 0 Å². The van der Waals surface area contributed by atoms with E-state index in [1.165, 1.54) is 22.6 Å². The van der Waals surface area contributed by atoms with E-state index in [1.54, 1.807) is 0 Å². The molecule has 1 aliphatic rings. The lowest BCUT2D eigenvalue weighted by molar-refractivity contribution is 0.228. The van der Waals surface area contributed by atoms with Gasteiger partial charge in [0.05, 0.1) is 0 Å². The summed E-state index contributed by atoms with van der Waals surface area (Å²) in [6.45, 7) is 8.86. The molecular formula is C15H26N2S. The SMILES string of the molecule is CC(C)NCc1ccc(CN(C)C(C)C2CC2)s1. The Morgan fingerprint density at radius 2 is 1.94 bits per heavy atom. The molecule has 0 amide bonds. The Hall–Kier alpha value is -0.380. The maximum atomic E-state index is 3.48. The third-order valence-corrected chi connectivity index (χ3v) is 4.88. The molecule has 1 saturated carbocycles. The van der Waals surface area contributed by atoms with Gasteiger partial charge in [-0.05, 0) is 44.9 Å². The van der Waals surface area contributed by atoms with Crippen molar-refractivity contribution in [2.24, 2.45) is 5.92 Å². The molecule has 1 heterocycles. The summed E-state index contributed by atoms with van der Waals surface area (Å²) in [5.74, 6) is 0.956. The predicted octanol–water partition coefficient (Wildman–Crippen LogP) is 3.48. The van der Waals surface area contributed by atoms with Gasteiger partial charge in [-0.2, -0.15) is 0 Å². The lowest BCUT2D eigenvalue weighted by atomic mass is 10.2. The molecule has 1 N–H and O–H groups in total. The first kappa shape index (κ1) is 14.0. The average molecular weight is 266 g/mol. The van der Waals surface area contributed by atoms with E-state index in [1.807, 2.05) is 11.3 Å². The Morgan fingerprint density at radius 1 is 1.28 bits per heavy atom. The third-order valence-electron chi connectivity index (χ3n) is 3.81. The van der Waals surface area contributed by atoms with E-state index in [9.17, 15) is 0 Å². The van der Waals surface area contributed by atoms with Crippen molar-refractivity contribution < 1.29 is 0 Å². The normalized spacial score (nSPS) is 17.7. The molecule has 1 aliphatic carbocycles. The molecule has 0 spiro atoms. The van der Waals surface area contributed by atoms with Crippen LogP contribution >= 0.6 is 11.3 Å². The summed E-state index contributed by atoms with van der Waals surface area (Å²) in [5, 5.41) is 3.48. The van der Waals surface area contributed by atoms with Crippen LogP contribution in [0.1, 0.15) is 43.4 Å². The maximum absolute atomic E-state index is 3.48. The fourth-order valence-electron chi connectivity index (χ4n) is 2.24. The van der Waals surface area contributed by atoms with Crippen LogP contribution in [0.3, 0.4) is 0 Å². The first-order chi connectivity index (χ1) is 8.56. The van der Waals surface area contributed by atoms with Gasteiger partial charge >= 0.3 is 0 Å². The second kappa shape index (κ2) is 6.18. The molecular weight excluding hydrogens is 240 g/mol. The van der Waals surface area contributed by atoms with Crippen molar-refractivity contribution in [3.63, 3.8) is 0 Å². The molecule has 1 aromatic heterocycles. The molecule has 2 rings (SSSR count). The minimum absolute atomic E-state index is 0.563. The van der Waals surface area contributed by atoms with Gasteiger partial charge < -0.3 is 5.32 Å². The third kappa shape index (κ3) is 4.08. The molecule has 0 radical (unpaired) electrons. The van der Waals surface area contributed by atoms with Gasteiger partial charge in [0.1, 0.15) is 0 Å². The van der Waals surface area contributed by atoms with Crippen LogP contribution in [0.25, 0.3) is 0 Å². The van der Waals surface area contributed by atoms with Gasteiger partial charge in [0.15, 0.2) is 0 Å². The number of hydrogen-bond acceptors (Lipinski definition) is 3. The highest BCUT2D eigenvalue weighted by Gasteiger charge is 2.30. The Labute approximate surface area is 115 Å². The van der Waals surface area contributed by atoms with Crippen LogP contribution in [0.15, 0.2) is 12.1 Å². The van der Waals surface area contributed by atoms with Gasteiger partial charge in [0, 0.05) is 34.9 Å². The number of thiophene rings is 1. The van der Waals surface area contributed by atoms with Crippen LogP contribution in [0.2, 0.25) is 0 Å². The largest absolute Gasteiger partial charge is 0.310 e. The predicted molar refractivity (Wildman–Crippen MR) is 79.9 cm³/mol. The maximum Gasteiger partial charge on any atom is 0.0327 e. The van der Waals surface area contributed by atoms with Crippen molar-refractivity contribution in [2.45, 2.75) is 58.8 Å². The molecule has 0 saturated heterocycles. The lowest BCUT2D eigenvalue weighted by Crippen LogP contribution is -2.29. The molecule has 1 unspecified atom stereocenters. The molecule has 18 heavy (non-hydrogen) atoms. The van der Waals surface area contributed by atoms with E-state index < -0.39 is 0 Å². The quantitative estimate of drug-likeness (QED) is 0.813. The highest BCUT2D eigenvalue weighted by Crippen LogP contribution is 2.35. The number of hydrogen-bond donors (Lipinski definition) is 1. The van der Waals surface area contributed by atoms with Gasteiger partial charge in [-0.1, -0.05) is 13.8 Å². The standard InChI is InChI=1S/C15H26N2S/c1-11(2)16-9-14-7-8-15(18-14)10-17(4)12(3)13-5-6-13/h7-8,11-13,16H,5-6,9-10H2,1-4H3. The van der Waals surface area contributed by atoms with E-state index in [2.05, 4.69) is 50.2 Å². The monoisotopic (exact) mass is 266 g/mol. The molecule has 0 bridgehead atoms. The summed E-state index contributed by atoms with van der Waals surface area (Å²) < 4.78 is 0. The summed E-state index contributed by atoms with van der Waals surface area (Å²) in [6.07, 6.45) is 2.86. The second-order valence-electron chi connectivity index (χ2n) is 5.90. The number of nitrogens with zero attached hydrogens (tertiary/aromatic N) is 1. The first-order valence-electron chi connectivity index (χ1n) is 7.07. The van der Waals surface area contributed by atoms with Crippen LogP contribution in [-0.4, -0.2) is 24.0 Å². The van der Waals surface area contributed by atoms with Gasteiger partial charge in [0.25, 0.3) is 0 Å². The summed E-state index contributed by atoms with van der Waals surface area (Å²) in [6, 6.07) is 5.86.